The van der Waals surface area contributed by atoms with Crippen molar-refractivity contribution in [2.45, 2.75) is 0 Å². The van der Waals surface area contributed by atoms with Crippen molar-refractivity contribution < 1.29 is 19.1 Å². The first-order valence-electron chi connectivity index (χ1n) is 7.22. The van der Waals surface area contributed by atoms with E-state index in [1.54, 1.807) is 42.5 Å². The lowest BCUT2D eigenvalue weighted by molar-refractivity contribution is -0.114. The van der Waals surface area contributed by atoms with Gasteiger partial charge in [-0.3, -0.25) is 9.59 Å². The summed E-state index contributed by atoms with van der Waals surface area (Å²) in [6.45, 7) is -0.150. The van der Waals surface area contributed by atoms with E-state index in [-0.39, 0.29) is 18.0 Å². The maximum atomic E-state index is 12.7. The first-order valence-corrected chi connectivity index (χ1v) is 7.22. The molecule has 0 radical (unpaired) electrons. The summed E-state index contributed by atoms with van der Waals surface area (Å²) >= 11 is 0. The molecule has 0 aromatic heterocycles. The van der Waals surface area contributed by atoms with Crippen LogP contribution < -0.4 is 25.8 Å². The van der Waals surface area contributed by atoms with Crippen molar-refractivity contribution in [3.63, 3.8) is 0 Å². The lowest BCUT2D eigenvalue weighted by Gasteiger charge is -2.15. The highest BCUT2D eigenvalue weighted by atomic mass is 16.5. The van der Waals surface area contributed by atoms with Crippen LogP contribution in [-0.4, -0.2) is 32.6 Å². The van der Waals surface area contributed by atoms with Crippen molar-refractivity contribution in [1.29, 1.82) is 0 Å². The Hall–Kier alpha value is -3.06. The highest BCUT2D eigenvalue weighted by Gasteiger charge is 2.19. The first-order chi connectivity index (χ1) is 11.6. The Balaban J connectivity index is 2.33. The van der Waals surface area contributed by atoms with Gasteiger partial charge in [-0.2, -0.15) is 0 Å². The molecule has 0 atom stereocenters. The molecule has 4 N–H and O–H groups in total. The van der Waals surface area contributed by atoms with Crippen LogP contribution in [0.4, 0.5) is 11.4 Å². The number of nitrogens with one attached hydrogen (secondary N) is 2. The molecule has 2 aromatic carbocycles. The summed E-state index contributed by atoms with van der Waals surface area (Å²) in [6, 6.07) is 11.9. The summed E-state index contributed by atoms with van der Waals surface area (Å²) in [6.07, 6.45) is 0. The third-order valence-corrected chi connectivity index (χ3v) is 3.29. The number of hydrogen-bond donors (Lipinski definition) is 3. The van der Waals surface area contributed by atoms with Crippen molar-refractivity contribution in [3.8, 4) is 11.5 Å². The summed E-state index contributed by atoms with van der Waals surface area (Å²) in [7, 11) is 2.95. The molecule has 0 unspecified atom stereocenters. The monoisotopic (exact) mass is 329 g/mol. The molecular formula is C17H19N3O4. The van der Waals surface area contributed by atoms with Gasteiger partial charge in [0.2, 0.25) is 5.91 Å². The second-order valence-corrected chi connectivity index (χ2v) is 4.79. The molecule has 0 spiro atoms. The van der Waals surface area contributed by atoms with Crippen LogP contribution in [0.5, 0.6) is 11.5 Å². The van der Waals surface area contributed by atoms with Gasteiger partial charge in [0, 0.05) is 0 Å². The van der Waals surface area contributed by atoms with E-state index in [1.165, 1.54) is 14.2 Å². The van der Waals surface area contributed by atoms with Gasteiger partial charge in [-0.25, -0.2) is 0 Å². The molecule has 7 heteroatoms. The second kappa shape index (κ2) is 7.98. The van der Waals surface area contributed by atoms with Crippen molar-refractivity contribution in [2.24, 2.45) is 5.73 Å². The largest absolute Gasteiger partial charge is 0.496 e. The maximum Gasteiger partial charge on any atom is 0.263 e. The molecule has 0 heterocycles. The van der Waals surface area contributed by atoms with Crippen molar-refractivity contribution in [3.05, 3.63) is 48.0 Å². The van der Waals surface area contributed by atoms with Gasteiger partial charge in [-0.15, -0.1) is 0 Å². The predicted molar refractivity (Wildman–Crippen MR) is 91.6 cm³/mol. The van der Waals surface area contributed by atoms with Crippen LogP contribution in [0.1, 0.15) is 10.4 Å². The smallest absolute Gasteiger partial charge is 0.263 e. The van der Waals surface area contributed by atoms with E-state index in [4.69, 9.17) is 15.2 Å². The molecule has 2 aromatic rings. The standard InChI is InChI=1S/C17H19N3O4/c1-23-13-8-5-9-14(24-2)16(13)17(22)20-12-7-4-3-6-11(12)19-15(21)10-18/h3-9H,10,18H2,1-2H3,(H,19,21)(H,20,22). The van der Waals surface area contributed by atoms with E-state index in [0.717, 1.165) is 0 Å². The van der Waals surface area contributed by atoms with Gasteiger partial charge in [0.25, 0.3) is 5.91 Å². The molecule has 0 saturated carbocycles. The zero-order valence-corrected chi connectivity index (χ0v) is 13.5. The number of ether oxygens (including phenoxy) is 2. The number of methoxy groups -OCH3 is 2. The lowest BCUT2D eigenvalue weighted by atomic mass is 10.1. The Kier molecular flexibility index (Phi) is 5.75. The Labute approximate surface area is 139 Å². The topological polar surface area (TPSA) is 103 Å². The number of para-hydroxylation sites is 2. The quantitative estimate of drug-likeness (QED) is 0.750. The van der Waals surface area contributed by atoms with E-state index < -0.39 is 5.91 Å². The Morgan fingerprint density at radius 3 is 1.96 bits per heavy atom. The Morgan fingerprint density at radius 1 is 0.917 bits per heavy atom. The van der Waals surface area contributed by atoms with E-state index in [2.05, 4.69) is 10.6 Å². The number of rotatable bonds is 6. The maximum absolute atomic E-state index is 12.7. The van der Waals surface area contributed by atoms with Crippen LogP contribution in [0.3, 0.4) is 0 Å². The van der Waals surface area contributed by atoms with Crippen molar-refractivity contribution >= 4 is 23.2 Å². The van der Waals surface area contributed by atoms with Crippen molar-refractivity contribution in [2.75, 3.05) is 31.4 Å². The molecular weight excluding hydrogens is 310 g/mol. The van der Waals surface area contributed by atoms with Crippen LogP contribution in [0.2, 0.25) is 0 Å². The third-order valence-electron chi connectivity index (χ3n) is 3.29. The number of benzene rings is 2. The van der Waals surface area contributed by atoms with E-state index >= 15 is 0 Å². The molecule has 0 fully saturated rings. The van der Waals surface area contributed by atoms with Gasteiger partial charge in [0.1, 0.15) is 17.1 Å². The molecule has 0 bridgehead atoms. The summed E-state index contributed by atoms with van der Waals surface area (Å²) in [5.41, 5.74) is 6.47. The summed E-state index contributed by atoms with van der Waals surface area (Å²) in [4.78, 5) is 24.2. The fourth-order valence-electron chi connectivity index (χ4n) is 2.16. The third kappa shape index (κ3) is 3.82. The first kappa shape index (κ1) is 17.3. The number of carbonyl (C=O) groups excluding carboxylic acids is 2. The molecule has 7 nitrogen and oxygen atoms in total. The van der Waals surface area contributed by atoms with Crippen molar-refractivity contribution in [1.82, 2.24) is 0 Å². The second-order valence-electron chi connectivity index (χ2n) is 4.79. The van der Waals surface area contributed by atoms with Crippen LogP contribution in [-0.2, 0) is 4.79 Å². The summed E-state index contributed by atoms with van der Waals surface area (Å²) in [5.74, 6) is -0.00373. The van der Waals surface area contributed by atoms with Crippen LogP contribution in [0.15, 0.2) is 42.5 Å². The zero-order valence-electron chi connectivity index (χ0n) is 13.5. The average Bonchev–Trinajstić information content (AvgIpc) is 2.62. The van der Waals surface area contributed by atoms with Crippen LogP contribution >= 0.6 is 0 Å². The Morgan fingerprint density at radius 2 is 1.46 bits per heavy atom. The van der Waals surface area contributed by atoms with Gasteiger partial charge >= 0.3 is 0 Å². The number of amides is 2. The van der Waals surface area contributed by atoms with Crippen LogP contribution in [0, 0.1) is 0 Å². The lowest BCUT2D eigenvalue weighted by Crippen LogP contribution is -2.23. The summed E-state index contributed by atoms with van der Waals surface area (Å²) < 4.78 is 10.5. The molecule has 0 aliphatic heterocycles. The van der Waals surface area contributed by atoms with Gasteiger partial charge in [0.05, 0.1) is 32.1 Å². The number of nitrogens with two attached hydrogens (primary N) is 1. The van der Waals surface area contributed by atoms with E-state index in [0.29, 0.717) is 22.9 Å². The molecule has 0 saturated heterocycles. The van der Waals surface area contributed by atoms with Crippen LogP contribution in [0.25, 0.3) is 0 Å². The fraction of sp³-hybridized carbons (Fsp3) is 0.176. The van der Waals surface area contributed by atoms with Gasteiger partial charge in [-0.05, 0) is 24.3 Å². The van der Waals surface area contributed by atoms with E-state index in [1.807, 2.05) is 0 Å². The highest BCUT2D eigenvalue weighted by molar-refractivity contribution is 6.10. The normalized spacial score (nSPS) is 9.96. The zero-order chi connectivity index (χ0) is 17.5. The Bertz CT molecular complexity index is 724. The summed E-state index contributed by atoms with van der Waals surface area (Å²) in [5, 5.41) is 5.38. The van der Waals surface area contributed by atoms with E-state index in [9.17, 15) is 9.59 Å². The SMILES string of the molecule is COc1cccc(OC)c1C(=O)Nc1ccccc1NC(=O)CN. The molecule has 0 aliphatic rings. The molecule has 2 rings (SSSR count). The number of anilines is 2. The molecule has 126 valence electrons. The number of carbonyl (C=O) groups is 2. The minimum Gasteiger partial charge on any atom is -0.496 e. The minimum atomic E-state index is -0.418. The minimum absolute atomic E-state index is 0.150. The van der Waals surface area contributed by atoms with Gasteiger partial charge in [-0.1, -0.05) is 18.2 Å². The predicted octanol–water partition coefficient (Wildman–Crippen LogP) is 1.85. The molecule has 24 heavy (non-hydrogen) atoms. The highest BCUT2D eigenvalue weighted by Crippen LogP contribution is 2.30. The average molecular weight is 329 g/mol. The fourth-order valence-corrected chi connectivity index (χ4v) is 2.16. The number of hydrogen-bond acceptors (Lipinski definition) is 5. The molecule has 0 aliphatic carbocycles. The van der Waals surface area contributed by atoms with Gasteiger partial charge < -0.3 is 25.8 Å². The van der Waals surface area contributed by atoms with Gasteiger partial charge in [0.15, 0.2) is 0 Å². The molecule has 2 amide bonds.